The first kappa shape index (κ1) is 8.66. The Morgan fingerprint density at radius 1 is 1.50 bits per heavy atom. The third kappa shape index (κ3) is 1.43. The fourth-order valence-corrected chi connectivity index (χ4v) is 3.53. The molecule has 0 amide bonds. The molecule has 3 atom stereocenters. The van der Waals surface area contributed by atoms with Crippen LogP contribution >= 0.6 is 0 Å². The second kappa shape index (κ2) is 3.44. The van der Waals surface area contributed by atoms with Crippen LogP contribution in [-0.2, 0) is 15.5 Å². The van der Waals surface area contributed by atoms with Gasteiger partial charge >= 0.3 is 0 Å². The van der Waals surface area contributed by atoms with Gasteiger partial charge in [0.2, 0.25) is 0 Å². The van der Waals surface area contributed by atoms with Crippen LogP contribution < -0.4 is 5.32 Å². The Balaban J connectivity index is 1.93. The minimum absolute atomic E-state index is 0.200. The lowest BCUT2D eigenvalue weighted by atomic mass is 10.2. The van der Waals surface area contributed by atoms with Crippen molar-refractivity contribution < 1.29 is 8.95 Å². The molecule has 2 aliphatic heterocycles. The van der Waals surface area contributed by atoms with Gasteiger partial charge in [-0.3, -0.25) is 4.21 Å². The molecule has 2 saturated heterocycles. The van der Waals surface area contributed by atoms with Crippen molar-refractivity contribution in [3.8, 4) is 0 Å². The molecule has 70 valence electrons. The summed E-state index contributed by atoms with van der Waals surface area (Å²) in [7, 11) is -0.671. The Kier molecular flexibility index (Phi) is 2.48. The molecule has 0 aliphatic carbocycles. The summed E-state index contributed by atoms with van der Waals surface area (Å²) in [5.74, 6) is 0. The third-order valence-corrected chi connectivity index (χ3v) is 4.88. The number of hydrogen-bond acceptors (Lipinski definition) is 3. The lowest BCUT2D eigenvalue weighted by Gasteiger charge is -2.29. The van der Waals surface area contributed by atoms with Gasteiger partial charge in [0.1, 0.15) is 0 Å². The molecule has 0 aromatic heterocycles. The SMILES string of the molecule is CC1OCCC1S(=O)C1CNC1. The topological polar surface area (TPSA) is 38.3 Å². The minimum Gasteiger partial charge on any atom is -0.377 e. The van der Waals surface area contributed by atoms with Crippen LogP contribution in [0.25, 0.3) is 0 Å². The third-order valence-electron chi connectivity index (χ3n) is 2.68. The van der Waals surface area contributed by atoms with Gasteiger partial charge in [-0.25, -0.2) is 0 Å². The average molecular weight is 189 g/mol. The molecule has 0 aromatic rings. The van der Waals surface area contributed by atoms with Crippen LogP contribution in [-0.4, -0.2) is 40.5 Å². The van der Waals surface area contributed by atoms with Crippen molar-refractivity contribution in [1.82, 2.24) is 5.32 Å². The molecule has 0 spiro atoms. The fourth-order valence-electron chi connectivity index (χ4n) is 1.69. The summed E-state index contributed by atoms with van der Waals surface area (Å²) >= 11 is 0. The predicted molar refractivity (Wildman–Crippen MR) is 48.6 cm³/mol. The Labute approximate surface area is 75.3 Å². The molecule has 12 heavy (non-hydrogen) atoms. The lowest BCUT2D eigenvalue weighted by Crippen LogP contribution is -2.52. The van der Waals surface area contributed by atoms with E-state index < -0.39 is 10.8 Å². The van der Waals surface area contributed by atoms with Crippen molar-refractivity contribution >= 4 is 10.8 Å². The molecule has 2 fully saturated rings. The van der Waals surface area contributed by atoms with E-state index in [-0.39, 0.29) is 11.4 Å². The highest BCUT2D eigenvalue weighted by atomic mass is 32.2. The summed E-state index contributed by atoms with van der Waals surface area (Å²) in [6.07, 6.45) is 1.18. The summed E-state index contributed by atoms with van der Waals surface area (Å²) in [4.78, 5) is 0. The molecule has 2 rings (SSSR count). The lowest BCUT2D eigenvalue weighted by molar-refractivity contribution is 0.126. The van der Waals surface area contributed by atoms with Gasteiger partial charge in [-0.05, 0) is 13.3 Å². The highest BCUT2D eigenvalue weighted by Gasteiger charge is 2.35. The van der Waals surface area contributed by atoms with E-state index in [9.17, 15) is 4.21 Å². The quantitative estimate of drug-likeness (QED) is 0.658. The van der Waals surface area contributed by atoms with Crippen LogP contribution in [0.3, 0.4) is 0 Å². The summed E-state index contributed by atoms with van der Waals surface area (Å²) in [5, 5.41) is 3.82. The molecule has 4 heteroatoms. The van der Waals surface area contributed by atoms with E-state index in [4.69, 9.17) is 4.74 Å². The smallest absolute Gasteiger partial charge is 0.0691 e. The zero-order valence-electron chi connectivity index (χ0n) is 7.29. The van der Waals surface area contributed by atoms with E-state index in [1.165, 1.54) is 0 Å². The summed E-state index contributed by atoms with van der Waals surface area (Å²) in [6.45, 7) is 4.67. The standard InChI is InChI=1S/C8H15NO2S/c1-6-8(2-3-11-6)12(10)7-4-9-5-7/h6-9H,2-5H2,1H3. The second-order valence-electron chi connectivity index (χ2n) is 3.51. The van der Waals surface area contributed by atoms with E-state index in [1.54, 1.807) is 0 Å². The van der Waals surface area contributed by atoms with E-state index in [2.05, 4.69) is 5.32 Å². The van der Waals surface area contributed by atoms with Crippen LogP contribution in [0.1, 0.15) is 13.3 Å². The highest BCUT2D eigenvalue weighted by molar-refractivity contribution is 7.86. The van der Waals surface area contributed by atoms with Crippen LogP contribution in [0.2, 0.25) is 0 Å². The van der Waals surface area contributed by atoms with Gasteiger partial charge < -0.3 is 10.1 Å². The van der Waals surface area contributed by atoms with Gasteiger partial charge in [0.05, 0.1) is 16.6 Å². The molecule has 0 bridgehead atoms. The first-order valence-corrected chi connectivity index (χ1v) is 5.78. The zero-order chi connectivity index (χ0) is 8.55. The number of ether oxygens (including phenoxy) is 1. The largest absolute Gasteiger partial charge is 0.377 e. The van der Waals surface area contributed by atoms with Crippen LogP contribution in [0.15, 0.2) is 0 Å². The molecule has 0 radical (unpaired) electrons. The van der Waals surface area contributed by atoms with Crippen LogP contribution in [0.4, 0.5) is 0 Å². The maximum atomic E-state index is 11.8. The summed E-state index contributed by atoms with van der Waals surface area (Å²) in [6, 6.07) is 0. The summed E-state index contributed by atoms with van der Waals surface area (Å²) < 4.78 is 17.2. The molecule has 2 aliphatic rings. The van der Waals surface area contributed by atoms with E-state index >= 15 is 0 Å². The maximum Gasteiger partial charge on any atom is 0.0691 e. The minimum atomic E-state index is -0.671. The fraction of sp³-hybridized carbons (Fsp3) is 1.00. The van der Waals surface area contributed by atoms with Crippen molar-refractivity contribution in [2.75, 3.05) is 19.7 Å². The highest BCUT2D eigenvalue weighted by Crippen LogP contribution is 2.22. The van der Waals surface area contributed by atoms with Crippen molar-refractivity contribution in [2.24, 2.45) is 0 Å². The second-order valence-corrected chi connectivity index (χ2v) is 5.44. The monoisotopic (exact) mass is 189 g/mol. The van der Waals surface area contributed by atoms with Crippen LogP contribution in [0, 0.1) is 0 Å². The van der Waals surface area contributed by atoms with Gasteiger partial charge in [-0.2, -0.15) is 0 Å². The number of hydrogen-bond donors (Lipinski definition) is 1. The molecule has 3 nitrogen and oxygen atoms in total. The van der Waals surface area contributed by atoms with E-state index in [1.807, 2.05) is 6.92 Å². The normalized spacial score (nSPS) is 39.4. The van der Waals surface area contributed by atoms with Crippen molar-refractivity contribution in [2.45, 2.75) is 29.9 Å². The molecule has 0 saturated carbocycles. The van der Waals surface area contributed by atoms with Gasteiger partial charge in [0.25, 0.3) is 0 Å². The first-order chi connectivity index (χ1) is 5.79. The predicted octanol–water partition coefficient (Wildman–Crippen LogP) is -0.116. The van der Waals surface area contributed by atoms with Crippen molar-refractivity contribution in [1.29, 1.82) is 0 Å². The van der Waals surface area contributed by atoms with Gasteiger partial charge in [-0.15, -0.1) is 0 Å². The summed E-state index contributed by atoms with van der Waals surface area (Å²) in [5.41, 5.74) is 0. The van der Waals surface area contributed by atoms with Gasteiger partial charge in [-0.1, -0.05) is 0 Å². The number of rotatable bonds is 2. The van der Waals surface area contributed by atoms with E-state index in [0.717, 1.165) is 26.1 Å². The zero-order valence-corrected chi connectivity index (χ0v) is 8.10. The van der Waals surface area contributed by atoms with Crippen LogP contribution in [0.5, 0.6) is 0 Å². The molecular formula is C8H15NO2S. The number of nitrogens with one attached hydrogen (secondary N) is 1. The van der Waals surface area contributed by atoms with Gasteiger partial charge in [0.15, 0.2) is 0 Å². The molecular weight excluding hydrogens is 174 g/mol. The van der Waals surface area contributed by atoms with Crippen molar-refractivity contribution in [3.63, 3.8) is 0 Å². The maximum absolute atomic E-state index is 11.8. The Bertz CT molecular complexity index is 193. The first-order valence-electron chi connectivity index (χ1n) is 4.50. The Morgan fingerprint density at radius 2 is 2.25 bits per heavy atom. The molecule has 1 N–H and O–H groups in total. The average Bonchev–Trinajstić information content (AvgIpc) is 2.31. The molecule has 0 aromatic carbocycles. The Morgan fingerprint density at radius 3 is 2.67 bits per heavy atom. The van der Waals surface area contributed by atoms with Crippen molar-refractivity contribution in [3.05, 3.63) is 0 Å². The van der Waals surface area contributed by atoms with E-state index in [0.29, 0.717) is 5.25 Å². The molecule has 2 heterocycles. The molecule has 3 unspecified atom stereocenters. The Hall–Kier alpha value is 0.0700. The van der Waals surface area contributed by atoms with Gasteiger partial charge in [0, 0.05) is 30.5 Å².